The molecule has 0 aliphatic heterocycles. The van der Waals surface area contributed by atoms with Gasteiger partial charge in [0.1, 0.15) is 0 Å². The van der Waals surface area contributed by atoms with Crippen LogP contribution in [0.5, 0.6) is 0 Å². The van der Waals surface area contributed by atoms with Crippen molar-refractivity contribution >= 4 is 35.8 Å². The Morgan fingerprint density at radius 1 is 1.19 bits per heavy atom. The fourth-order valence-corrected chi connectivity index (χ4v) is 2.25. The maximum Gasteiger partial charge on any atom is 0.0834 e. The van der Waals surface area contributed by atoms with Crippen LogP contribution in [0.25, 0.3) is 0 Å². The molecule has 1 N–H and O–H groups in total. The molecule has 4 heteroatoms. The number of nitrogens with zero attached hydrogens (tertiary/aromatic N) is 1. The number of hydrogen-bond donors (Lipinski definition) is 1. The van der Waals surface area contributed by atoms with Crippen molar-refractivity contribution in [2.24, 2.45) is 5.41 Å². The third kappa shape index (κ3) is 2.80. The third-order valence-electron chi connectivity index (χ3n) is 2.71. The minimum Gasteiger partial charge on any atom is -0.385 e. The van der Waals surface area contributed by atoms with E-state index in [0.29, 0.717) is 5.41 Å². The zero-order valence-corrected chi connectivity index (χ0v) is 12.3. The zero-order chi connectivity index (χ0) is 12.5. The molecule has 0 unspecified atom stereocenters. The van der Waals surface area contributed by atoms with Crippen LogP contribution in [0.1, 0.15) is 27.2 Å². The van der Waals surface area contributed by atoms with Crippen LogP contribution in [0.15, 0.2) is 0 Å². The van der Waals surface area contributed by atoms with E-state index in [1.54, 1.807) is 0 Å². The molecule has 0 amide bonds. The summed E-state index contributed by atoms with van der Waals surface area (Å²) in [7, 11) is 3.97. The second-order valence-electron chi connectivity index (χ2n) is 5.36. The first-order valence-electron chi connectivity index (χ1n) is 5.50. The number of nitrogens with one attached hydrogen (secondary N) is 1. The van der Waals surface area contributed by atoms with Crippen molar-refractivity contribution < 1.29 is 0 Å². The van der Waals surface area contributed by atoms with Crippen LogP contribution in [0.4, 0.5) is 11.4 Å². The van der Waals surface area contributed by atoms with Crippen molar-refractivity contribution in [3.05, 3.63) is 9.02 Å². The Morgan fingerprint density at radius 3 is 2.19 bits per heavy atom. The molecule has 0 aliphatic carbocycles. The molecule has 1 aromatic carbocycles. The molecule has 1 aromatic rings. The van der Waals surface area contributed by atoms with E-state index in [2.05, 4.69) is 38.0 Å². The van der Waals surface area contributed by atoms with Gasteiger partial charge >= 0.3 is 0 Å². The van der Waals surface area contributed by atoms with E-state index in [0.717, 1.165) is 33.4 Å². The monoisotopic (exact) mass is 256 g/mol. The molecule has 0 spiro atoms. The van der Waals surface area contributed by atoms with Gasteiger partial charge in [-0.1, -0.05) is 45.2 Å². The molecule has 0 fully saturated rings. The van der Waals surface area contributed by atoms with Crippen LogP contribution in [0.3, 0.4) is 0 Å². The normalized spacial score (nSPS) is 11.8. The maximum absolute atomic E-state index is 5.27. The Bertz CT molecular complexity index is 436. The molecule has 0 aromatic heterocycles. The van der Waals surface area contributed by atoms with Gasteiger partial charge in [-0.3, -0.25) is 0 Å². The molecule has 16 heavy (non-hydrogen) atoms. The first-order chi connectivity index (χ1) is 7.28. The molecule has 0 aliphatic rings. The van der Waals surface area contributed by atoms with Gasteiger partial charge in [0.25, 0.3) is 0 Å². The average Bonchev–Trinajstić information content (AvgIpc) is 2.19. The molecule has 1 rings (SSSR count). The lowest BCUT2D eigenvalue weighted by Gasteiger charge is -2.28. The van der Waals surface area contributed by atoms with Crippen molar-refractivity contribution in [3.8, 4) is 0 Å². The smallest absolute Gasteiger partial charge is 0.0834 e. The van der Waals surface area contributed by atoms with Gasteiger partial charge in [-0.2, -0.15) is 0 Å². The third-order valence-corrected chi connectivity index (χ3v) is 3.65. The number of rotatable bonds is 4. The molecular formula is C12H20N2S2. The van der Waals surface area contributed by atoms with E-state index >= 15 is 0 Å². The van der Waals surface area contributed by atoms with Crippen molar-refractivity contribution in [1.29, 1.82) is 0 Å². The summed E-state index contributed by atoms with van der Waals surface area (Å²) in [6.45, 7) is 7.75. The summed E-state index contributed by atoms with van der Waals surface area (Å²) in [6, 6.07) is 0. The molecule has 0 saturated heterocycles. The van der Waals surface area contributed by atoms with Crippen LogP contribution in [-0.4, -0.2) is 20.6 Å². The Hall–Kier alpha value is -0.480. The van der Waals surface area contributed by atoms with Crippen LogP contribution in [0.2, 0.25) is 0 Å². The summed E-state index contributed by atoms with van der Waals surface area (Å²) in [5.41, 5.74) is 2.48. The summed E-state index contributed by atoms with van der Waals surface area (Å²) in [5.74, 6) is 0. The van der Waals surface area contributed by atoms with Crippen LogP contribution >= 0.6 is 24.4 Å². The van der Waals surface area contributed by atoms with Gasteiger partial charge in [0.2, 0.25) is 0 Å². The standard InChI is InChI=1S/C12H20N2S2/c1-12(2,3)6-7-14(5)9-8(13-4)10(15)11(9)16/h13H,6-7H2,1-5H3. The lowest BCUT2D eigenvalue weighted by Crippen LogP contribution is -2.25. The van der Waals surface area contributed by atoms with Crippen molar-refractivity contribution in [1.82, 2.24) is 0 Å². The van der Waals surface area contributed by atoms with Gasteiger partial charge in [-0.05, 0) is 11.8 Å². The average molecular weight is 256 g/mol. The Kier molecular flexibility index (Phi) is 4.07. The molecule has 2 nitrogen and oxygen atoms in total. The minimum atomic E-state index is 0.348. The number of anilines is 2. The highest BCUT2D eigenvalue weighted by Crippen LogP contribution is 2.35. The highest BCUT2D eigenvalue weighted by Gasteiger charge is 2.19. The van der Waals surface area contributed by atoms with Gasteiger partial charge in [0.05, 0.1) is 20.4 Å². The lowest BCUT2D eigenvalue weighted by atomic mass is 9.92. The fourth-order valence-electron chi connectivity index (χ4n) is 1.59. The van der Waals surface area contributed by atoms with Gasteiger partial charge in [0, 0.05) is 20.6 Å². The van der Waals surface area contributed by atoms with Crippen molar-refractivity contribution in [2.45, 2.75) is 27.2 Å². The van der Waals surface area contributed by atoms with Gasteiger partial charge in [-0.15, -0.1) is 0 Å². The molecule has 0 bridgehead atoms. The molecule has 0 saturated carbocycles. The predicted molar refractivity (Wildman–Crippen MR) is 77.4 cm³/mol. The van der Waals surface area contributed by atoms with E-state index in [4.69, 9.17) is 24.4 Å². The van der Waals surface area contributed by atoms with Gasteiger partial charge < -0.3 is 10.2 Å². The second kappa shape index (κ2) is 4.80. The van der Waals surface area contributed by atoms with E-state index in [-0.39, 0.29) is 0 Å². The first kappa shape index (κ1) is 13.6. The minimum absolute atomic E-state index is 0.348. The SMILES string of the molecule is CNc1c(N(C)CCC(C)(C)C)c(=S)c1=S. The van der Waals surface area contributed by atoms with E-state index in [1.807, 2.05) is 7.05 Å². The summed E-state index contributed by atoms with van der Waals surface area (Å²) in [5, 5.41) is 3.12. The zero-order valence-electron chi connectivity index (χ0n) is 10.7. The summed E-state index contributed by atoms with van der Waals surface area (Å²) >= 11 is 10.5. The van der Waals surface area contributed by atoms with Crippen molar-refractivity contribution in [2.75, 3.05) is 30.9 Å². The first-order valence-corrected chi connectivity index (χ1v) is 6.32. The highest BCUT2D eigenvalue weighted by atomic mass is 32.1. The van der Waals surface area contributed by atoms with Crippen LogP contribution in [-0.2, 0) is 0 Å². The molecule has 0 heterocycles. The second-order valence-corrected chi connectivity index (χ2v) is 6.18. The Labute approximate surface area is 108 Å². The molecule has 90 valence electrons. The predicted octanol–water partition coefficient (Wildman–Crippen LogP) is 3.94. The van der Waals surface area contributed by atoms with Crippen molar-refractivity contribution in [3.63, 3.8) is 0 Å². The topological polar surface area (TPSA) is 15.3 Å². The van der Waals surface area contributed by atoms with Gasteiger partial charge in [0.15, 0.2) is 0 Å². The summed E-state index contributed by atoms with van der Waals surface area (Å²) in [6.07, 6.45) is 1.14. The highest BCUT2D eigenvalue weighted by molar-refractivity contribution is 7.74. The maximum atomic E-state index is 5.27. The van der Waals surface area contributed by atoms with Crippen LogP contribution < -0.4 is 10.2 Å². The summed E-state index contributed by atoms with van der Waals surface area (Å²) < 4.78 is 1.63. The Balaban J connectivity index is 2.75. The molecular weight excluding hydrogens is 236 g/mol. The summed E-state index contributed by atoms with van der Waals surface area (Å²) in [4.78, 5) is 2.20. The quantitative estimate of drug-likeness (QED) is 0.821. The van der Waals surface area contributed by atoms with Gasteiger partial charge in [-0.25, -0.2) is 0 Å². The Morgan fingerprint density at radius 2 is 1.75 bits per heavy atom. The number of hydrogen-bond acceptors (Lipinski definition) is 4. The molecule has 0 radical (unpaired) electrons. The lowest BCUT2D eigenvalue weighted by molar-refractivity contribution is 0.381. The van der Waals surface area contributed by atoms with Crippen LogP contribution in [0, 0.1) is 14.4 Å². The largest absolute Gasteiger partial charge is 0.385 e. The fraction of sp³-hybridized carbons (Fsp3) is 0.667. The van der Waals surface area contributed by atoms with E-state index in [1.165, 1.54) is 0 Å². The molecule has 0 atom stereocenters. The van der Waals surface area contributed by atoms with E-state index < -0.39 is 0 Å². The van der Waals surface area contributed by atoms with E-state index in [9.17, 15) is 0 Å².